The van der Waals surface area contributed by atoms with Gasteiger partial charge in [-0.25, -0.2) is 9.78 Å². The summed E-state index contributed by atoms with van der Waals surface area (Å²) in [7, 11) is 1.71. The molecule has 1 aliphatic heterocycles. The number of imidazole rings is 1. The van der Waals surface area contributed by atoms with Crippen LogP contribution in [0.3, 0.4) is 0 Å². The van der Waals surface area contributed by atoms with Crippen molar-refractivity contribution < 1.29 is 4.79 Å². The van der Waals surface area contributed by atoms with E-state index in [4.69, 9.17) is 0 Å². The molecular weight excluding hydrogens is 312 g/mol. The average molecular weight is 334 g/mol. The molecule has 124 valence electrons. The summed E-state index contributed by atoms with van der Waals surface area (Å²) in [6.07, 6.45) is 5.66. The number of amides is 1. The highest BCUT2D eigenvalue weighted by Gasteiger charge is 2.25. The van der Waals surface area contributed by atoms with Gasteiger partial charge < -0.3 is 9.47 Å². The monoisotopic (exact) mass is 334 g/mol. The summed E-state index contributed by atoms with van der Waals surface area (Å²) >= 11 is 1.75. The number of carbonyl (C=O) groups excluding carboxylic acids is 1. The van der Waals surface area contributed by atoms with Gasteiger partial charge in [-0.05, 0) is 32.6 Å². The van der Waals surface area contributed by atoms with Crippen LogP contribution in [-0.2, 0) is 18.4 Å². The fourth-order valence-corrected chi connectivity index (χ4v) is 4.11. The molecule has 0 bridgehead atoms. The average Bonchev–Trinajstić information content (AvgIpc) is 3.06. The summed E-state index contributed by atoms with van der Waals surface area (Å²) in [4.78, 5) is 32.0. The van der Waals surface area contributed by atoms with E-state index in [9.17, 15) is 9.59 Å². The minimum absolute atomic E-state index is 0.0281. The highest BCUT2D eigenvalue weighted by molar-refractivity contribution is 7.11. The Morgan fingerprint density at radius 3 is 2.57 bits per heavy atom. The lowest BCUT2D eigenvalue weighted by atomic mass is 9.96. The van der Waals surface area contributed by atoms with Crippen molar-refractivity contribution in [3.05, 3.63) is 38.5 Å². The third kappa shape index (κ3) is 3.24. The number of hydrogen-bond acceptors (Lipinski definition) is 4. The van der Waals surface area contributed by atoms with E-state index < -0.39 is 0 Å². The lowest BCUT2D eigenvalue weighted by Gasteiger charge is -2.31. The SMILES string of the molecule is Cc1ncc(C2CCN(C(=O)Cn3c(C)cn(C)c3=O)CC2)s1. The fraction of sp³-hybridized carbons (Fsp3) is 0.562. The zero-order chi connectivity index (χ0) is 16.6. The molecule has 1 amide bonds. The number of piperidine rings is 1. The summed E-state index contributed by atoms with van der Waals surface area (Å²) in [6, 6.07) is 0. The van der Waals surface area contributed by atoms with E-state index in [1.807, 2.05) is 24.9 Å². The van der Waals surface area contributed by atoms with Crippen LogP contribution in [0, 0.1) is 13.8 Å². The van der Waals surface area contributed by atoms with Gasteiger partial charge in [0.05, 0.1) is 5.01 Å². The normalized spacial score (nSPS) is 16.0. The molecule has 0 aromatic carbocycles. The predicted molar refractivity (Wildman–Crippen MR) is 89.8 cm³/mol. The van der Waals surface area contributed by atoms with Crippen molar-refractivity contribution in [2.45, 2.75) is 39.2 Å². The van der Waals surface area contributed by atoms with Gasteiger partial charge in [-0.2, -0.15) is 0 Å². The first-order valence-corrected chi connectivity index (χ1v) is 8.70. The minimum Gasteiger partial charge on any atom is -0.341 e. The Morgan fingerprint density at radius 2 is 2.04 bits per heavy atom. The van der Waals surface area contributed by atoms with Crippen molar-refractivity contribution in [2.24, 2.45) is 7.05 Å². The molecule has 6 nitrogen and oxygen atoms in total. The number of rotatable bonds is 3. The van der Waals surface area contributed by atoms with Crippen molar-refractivity contribution in [1.82, 2.24) is 19.0 Å². The molecule has 23 heavy (non-hydrogen) atoms. The van der Waals surface area contributed by atoms with Crippen LogP contribution in [0.1, 0.15) is 34.3 Å². The zero-order valence-corrected chi connectivity index (χ0v) is 14.6. The second-order valence-corrected chi connectivity index (χ2v) is 7.45. The lowest BCUT2D eigenvalue weighted by molar-refractivity contribution is -0.133. The molecule has 0 aliphatic carbocycles. The van der Waals surface area contributed by atoms with Crippen LogP contribution >= 0.6 is 11.3 Å². The van der Waals surface area contributed by atoms with Gasteiger partial charge in [0.15, 0.2) is 0 Å². The largest absolute Gasteiger partial charge is 0.341 e. The Morgan fingerprint density at radius 1 is 1.35 bits per heavy atom. The summed E-state index contributed by atoms with van der Waals surface area (Å²) in [6.45, 7) is 5.51. The van der Waals surface area contributed by atoms with Gasteiger partial charge in [-0.3, -0.25) is 9.36 Å². The van der Waals surface area contributed by atoms with Crippen LogP contribution < -0.4 is 5.69 Å². The van der Waals surface area contributed by atoms with Crippen molar-refractivity contribution in [1.29, 1.82) is 0 Å². The van der Waals surface area contributed by atoms with Gasteiger partial charge in [0, 0.05) is 43.1 Å². The van der Waals surface area contributed by atoms with E-state index in [-0.39, 0.29) is 18.1 Å². The topological polar surface area (TPSA) is 60.1 Å². The molecule has 2 aromatic rings. The number of aromatic nitrogens is 3. The van der Waals surface area contributed by atoms with E-state index in [1.54, 1.807) is 29.1 Å². The maximum absolute atomic E-state index is 12.5. The number of aryl methyl sites for hydroxylation is 3. The van der Waals surface area contributed by atoms with Gasteiger partial charge >= 0.3 is 5.69 Å². The molecule has 1 aliphatic rings. The van der Waals surface area contributed by atoms with Crippen LogP contribution in [-0.4, -0.2) is 38.0 Å². The van der Waals surface area contributed by atoms with Gasteiger partial charge in [0.2, 0.25) is 5.91 Å². The molecule has 7 heteroatoms. The maximum Gasteiger partial charge on any atom is 0.328 e. The second-order valence-electron chi connectivity index (χ2n) is 6.19. The summed E-state index contributed by atoms with van der Waals surface area (Å²) in [5, 5.41) is 1.09. The number of carbonyl (C=O) groups is 1. The standard InChI is InChI=1S/C16H22N4O2S/c1-11-9-18(3)16(22)20(11)10-15(21)19-6-4-13(5-7-19)14-8-17-12(2)23-14/h8-9,13H,4-7,10H2,1-3H3. The van der Waals surface area contributed by atoms with Gasteiger partial charge in [-0.15, -0.1) is 11.3 Å². The number of thiazole rings is 1. The number of hydrogen-bond donors (Lipinski definition) is 0. The van der Waals surface area contributed by atoms with E-state index in [0.717, 1.165) is 36.6 Å². The van der Waals surface area contributed by atoms with E-state index in [1.165, 1.54) is 9.44 Å². The minimum atomic E-state index is -0.133. The summed E-state index contributed by atoms with van der Waals surface area (Å²) in [5.41, 5.74) is 0.687. The highest BCUT2D eigenvalue weighted by Crippen LogP contribution is 2.31. The van der Waals surface area contributed by atoms with Gasteiger partial charge in [0.25, 0.3) is 0 Å². The van der Waals surface area contributed by atoms with E-state index in [2.05, 4.69) is 4.98 Å². The maximum atomic E-state index is 12.5. The first kappa shape index (κ1) is 16.0. The molecule has 1 fully saturated rings. The highest BCUT2D eigenvalue weighted by atomic mass is 32.1. The lowest BCUT2D eigenvalue weighted by Crippen LogP contribution is -2.41. The Hall–Kier alpha value is -1.89. The fourth-order valence-electron chi connectivity index (χ4n) is 3.15. The molecule has 0 N–H and O–H groups in total. The first-order valence-electron chi connectivity index (χ1n) is 7.88. The van der Waals surface area contributed by atoms with Crippen LogP contribution in [0.5, 0.6) is 0 Å². The number of nitrogens with zero attached hydrogens (tertiary/aromatic N) is 4. The number of likely N-dealkylation sites (tertiary alicyclic amines) is 1. The zero-order valence-electron chi connectivity index (χ0n) is 13.8. The molecule has 0 spiro atoms. The predicted octanol–water partition coefficient (Wildman–Crippen LogP) is 1.67. The first-order chi connectivity index (χ1) is 11.0. The van der Waals surface area contributed by atoms with Gasteiger partial charge in [-0.1, -0.05) is 0 Å². The third-order valence-electron chi connectivity index (χ3n) is 4.52. The quantitative estimate of drug-likeness (QED) is 0.858. The molecule has 0 atom stereocenters. The van der Waals surface area contributed by atoms with Crippen LogP contribution in [0.15, 0.2) is 17.2 Å². The van der Waals surface area contributed by atoms with Gasteiger partial charge in [0.1, 0.15) is 6.54 Å². The summed E-state index contributed by atoms with van der Waals surface area (Å²) < 4.78 is 3.06. The third-order valence-corrected chi connectivity index (χ3v) is 5.60. The Bertz CT molecular complexity index is 765. The van der Waals surface area contributed by atoms with E-state index >= 15 is 0 Å². The van der Waals surface area contributed by atoms with Crippen LogP contribution in [0.2, 0.25) is 0 Å². The Labute approximate surface area is 139 Å². The van der Waals surface area contributed by atoms with Crippen LogP contribution in [0.25, 0.3) is 0 Å². The smallest absolute Gasteiger partial charge is 0.328 e. The van der Waals surface area contributed by atoms with E-state index in [0.29, 0.717) is 5.92 Å². The molecule has 0 unspecified atom stereocenters. The molecule has 0 saturated carbocycles. The van der Waals surface area contributed by atoms with Crippen molar-refractivity contribution in [3.63, 3.8) is 0 Å². The Kier molecular flexibility index (Phi) is 4.39. The molecule has 1 saturated heterocycles. The molecular formula is C16H22N4O2S. The van der Waals surface area contributed by atoms with Crippen LogP contribution in [0.4, 0.5) is 0 Å². The molecule has 2 aromatic heterocycles. The summed E-state index contributed by atoms with van der Waals surface area (Å²) in [5.74, 6) is 0.534. The van der Waals surface area contributed by atoms with Crippen molar-refractivity contribution in [2.75, 3.05) is 13.1 Å². The molecule has 3 rings (SSSR count). The molecule has 0 radical (unpaired) electrons. The van der Waals surface area contributed by atoms with Crippen molar-refractivity contribution in [3.8, 4) is 0 Å². The Balaban J connectivity index is 1.61. The second kappa shape index (κ2) is 6.31. The van der Waals surface area contributed by atoms with Crippen molar-refractivity contribution >= 4 is 17.2 Å². The molecule has 3 heterocycles.